The second kappa shape index (κ2) is 21.5. The summed E-state index contributed by atoms with van der Waals surface area (Å²) in [6, 6.07) is 5.04. The third kappa shape index (κ3) is 12.6. The van der Waals surface area contributed by atoms with Gasteiger partial charge in [-0.2, -0.15) is 11.8 Å². The third-order valence-corrected chi connectivity index (χ3v) is 13.0. The lowest BCUT2D eigenvalue weighted by Gasteiger charge is -2.47. The molecule has 3 unspecified atom stereocenters. The maximum Gasteiger partial charge on any atom is 0.315 e. The van der Waals surface area contributed by atoms with E-state index in [-0.39, 0.29) is 42.0 Å². The van der Waals surface area contributed by atoms with Gasteiger partial charge in [0.05, 0.1) is 51.7 Å². The monoisotopic (exact) mass is 770 g/mol. The van der Waals surface area contributed by atoms with E-state index in [9.17, 15) is 14.4 Å². The Kier molecular flexibility index (Phi) is 16.9. The van der Waals surface area contributed by atoms with Crippen molar-refractivity contribution >= 4 is 29.6 Å². The normalized spacial score (nSPS) is 23.7. The number of carbonyl (C=O) groups excluding carboxylic acids is 3. The minimum atomic E-state index is -0.142. The third-order valence-electron chi connectivity index (χ3n) is 11.4. The van der Waals surface area contributed by atoms with Crippen LogP contribution < -0.4 is 26.0 Å². The summed E-state index contributed by atoms with van der Waals surface area (Å²) in [4.78, 5) is 36.4. The Labute approximate surface area is 327 Å². The average Bonchev–Trinajstić information content (AvgIpc) is 3.69. The number of unbranched alkanes of at least 4 members (excludes halogenated alkanes) is 3. The van der Waals surface area contributed by atoms with Crippen LogP contribution in [-0.4, -0.2) is 100 Å². The first-order valence-electron chi connectivity index (χ1n) is 20.5. The number of hydrogen-bond acceptors (Lipinski definition) is 8. The van der Waals surface area contributed by atoms with E-state index in [1.54, 1.807) is 0 Å². The van der Waals surface area contributed by atoms with Gasteiger partial charge in [-0.15, -0.1) is 0 Å². The zero-order valence-corrected chi connectivity index (χ0v) is 34.1. The van der Waals surface area contributed by atoms with Gasteiger partial charge in [0.15, 0.2) is 6.61 Å². The van der Waals surface area contributed by atoms with E-state index in [1.165, 1.54) is 35.1 Å². The molecule has 0 radical (unpaired) electrons. The Balaban J connectivity index is 0.878. The average molecular weight is 771 g/mol. The first kappa shape index (κ1) is 42.3. The van der Waals surface area contributed by atoms with Gasteiger partial charge in [-0.3, -0.25) is 9.59 Å². The number of rotatable bonds is 24. The van der Waals surface area contributed by atoms with Crippen molar-refractivity contribution in [3.63, 3.8) is 0 Å². The highest BCUT2D eigenvalue weighted by Gasteiger charge is 2.44. The van der Waals surface area contributed by atoms with E-state index < -0.39 is 0 Å². The number of allylic oxidation sites excluding steroid dienone is 2. The van der Waals surface area contributed by atoms with Gasteiger partial charge in [0.2, 0.25) is 5.91 Å². The molecule has 2 aliphatic carbocycles. The largest absolute Gasteiger partial charge is 0.483 e. The standard InChI is InChI=1S/C42H66N4O7S/c1-5-6-7-10-30-24-31-26-42(3,4)33-14-13-29(2)23-32(33)39(31)35(25-30)53-27-38(48)44-16-18-51-20-22-52-21-19-50-17-15-43-37(47)12-9-8-11-36-40-34(28-54-36)45-41(49)46-40/h13,24-25,32-34,36,40H,5-12,14-23,26-28H2,1-4H3,(H,43,47)(H,44,48)(H2,45,46,49)/t32-,33-,34?,36?,40?/m1/s1. The fourth-order valence-electron chi connectivity index (χ4n) is 8.64. The molecule has 12 heteroatoms. The molecule has 54 heavy (non-hydrogen) atoms. The summed E-state index contributed by atoms with van der Waals surface area (Å²) in [5, 5.41) is 12.3. The summed E-state index contributed by atoms with van der Waals surface area (Å²) in [6.07, 6.45) is 13.6. The molecular weight excluding hydrogens is 705 g/mol. The van der Waals surface area contributed by atoms with Crippen LogP contribution in [0.25, 0.3) is 0 Å². The maximum absolute atomic E-state index is 12.8. The minimum Gasteiger partial charge on any atom is -0.483 e. The van der Waals surface area contributed by atoms with Gasteiger partial charge in [-0.25, -0.2) is 4.79 Å². The van der Waals surface area contributed by atoms with Crippen LogP contribution in [0.2, 0.25) is 0 Å². The Hall–Kier alpha value is -2.80. The number of hydrogen-bond donors (Lipinski definition) is 4. The summed E-state index contributed by atoms with van der Waals surface area (Å²) in [7, 11) is 0. The molecule has 2 heterocycles. The molecule has 0 bridgehead atoms. The van der Waals surface area contributed by atoms with E-state index in [0.717, 1.165) is 62.9 Å². The molecule has 2 fully saturated rings. The Morgan fingerprint density at radius 3 is 2.39 bits per heavy atom. The second-order valence-corrected chi connectivity index (χ2v) is 17.5. The second-order valence-electron chi connectivity index (χ2n) is 16.2. The number of nitrogens with one attached hydrogen (secondary N) is 4. The predicted molar refractivity (Wildman–Crippen MR) is 214 cm³/mol. The molecular formula is C42H66N4O7S. The first-order chi connectivity index (χ1) is 26.1. The molecule has 2 saturated heterocycles. The lowest BCUT2D eigenvalue weighted by molar-refractivity contribution is -0.123. The SMILES string of the molecule is CCCCCc1cc2c(c(OCC(=O)NCCOCCOCCOCCNC(=O)CCCCC3SCC4NC(=O)NC43)c1)[C@@H]1CC(C)=CC[C@H]1C(C)(C)C2. The predicted octanol–water partition coefficient (Wildman–Crippen LogP) is 5.83. The van der Waals surface area contributed by atoms with Crippen LogP contribution in [0.1, 0.15) is 108 Å². The molecule has 11 nitrogen and oxygen atoms in total. The van der Waals surface area contributed by atoms with Gasteiger partial charge in [-0.1, -0.05) is 57.7 Å². The number of urea groups is 1. The van der Waals surface area contributed by atoms with Crippen LogP contribution >= 0.6 is 11.8 Å². The van der Waals surface area contributed by atoms with Crippen LogP contribution in [-0.2, 0) is 36.6 Å². The number of aryl methyl sites for hydroxylation is 1. The lowest BCUT2D eigenvalue weighted by Crippen LogP contribution is -2.38. The molecule has 1 aromatic rings. The number of benzene rings is 1. The van der Waals surface area contributed by atoms with E-state index in [1.807, 2.05) is 11.8 Å². The van der Waals surface area contributed by atoms with Gasteiger partial charge in [0.25, 0.3) is 5.91 Å². The highest BCUT2D eigenvalue weighted by molar-refractivity contribution is 8.00. The fraction of sp³-hybridized carbons (Fsp3) is 0.738. The maximum atomic E-state index is 12.8. The smallest absolute Gasteiger partial charge is 0.315 e. The van der Waals surface area contributed by atoms with Crippen LogP contribution in [0.4, 0.5) is 4.79 Å². The molecule has 2 aliphatic heterocycles. The number of ether oxygens (including phenoxy) is 4. The number of fused-ring (bicyclic) bond motifs is 4. The number of carbonyl (C=O) groups is 3. The highest BCUT2D eigenvalue weighted by atomic mass is 32.2. The summed E-state index contributed by atoms with van der Waals surface area (Å²) in [6.45, 7) is 12.8. The van der Waals surface area contributed by atoms with Crippen molar-refractivity contribution in [1.82, 2.24) is 21.3 Å². The van der Waals surface area contributed by atoms with Crippen molar-refractivity contribution in [3.05, 3.63) is 40.5 Å². The molecule has 4 amide bonds. The summed E-state index contributed by atoms with van der Waals surface area (Å²) >= 11 is 1.90. The number of thioether (sulfide) groups is 1. The van der Waals surface area contributed by atoms with Gasteiger partial charge in [0, 0.05) is 36.1 Å². The molecule has 0 saturated carbocycles. The van der Waals surface area contributed by atoms with Crippen LogP contribution in [0, 0.1) is 11.3 Å². The van der Waals surface area contributed by atoms with Gasteiger partial charge in [0.1, 0.15) is 5.75 Å². The van der Waals surface area contributed by atoms with Crippen molar-refractivity contribution in [2.75, 3.05) is 65.1 Å². The zero-order valence-electron chi connectivity index (χ0n) is 33.2. The Morgan fingerprint density at radius 2 is 1.65 bits per heavy atom. The molecule has 4 N–H and O–H groups in total. The molecule has 5 rings (SSSR count). The van der Waals surface area contributed by atoms with Gasteiger partial charge >= 0.3 is 6.03 Å². The van der Waals surface area contributed by atoms with Gasteiger partial charge in [-0.05, 0) is 86.3 Å². The minimum absolute atomic E-state index is 0.00518. The van der Waals surface area contributed by atoms with Crippen LogP contribution in [0.3, 0.4) is 0 Å². The first-order valence-corrected chi connectivity index (χ1v) is 21.6. The van der Waals surface area contributed by atoms with E-state index in [0.29, 0.717) is 76.2 Å². The fourth-order valence-corrected chi connectivity index (χ4v) is 10.2. The molecule has 0 spiro atoms. The molecule has 5 atom stereocenters. The Morgan fingerprint density at radius 1 is 0.926 bits per heavy atom. The van der Waals surface area contributed by atoms with Crippen molar-refractivity contribution < 1.29 is 33.3 Å². The quantitative estimate of drug-likeness (QED) is 0.0587. The van der Waals surface area contributed by atoms with Crippen LogP contribution in [0.5, 0.6) is 5.75 Å². The molecule has 1 aromatic carbocycles. The summed E-state index contributed by atoms with van der Waals surface area (Å²) in [5.74, 6) is 2.75. The highest BCUT2D eigenvalue weighted by Crippen LogP contribution is 2.55. The van der Waals surface area contributed by atoms with Crippen molar-refractivity contribution in [3.8, 4) is 5.75 Å². The zero-order chi connectivity index (χ0) is 38.3. The number of amides is 4. The summed E-state index contributed by atoms with van der Waals surface area (Å²) in [5.41, 5.74) is 5.72. The topological polar surface area (TPSA) is 136 Å². The van der Waals surface area contributed by atoms with Crippen molar-refractivity contribution in [2.24, 2.45) is 11.3 Å². The van der Waals surface area contributed by atoms with Crippen molar-refractivity contribution in [2.45, 2.75) is 122 Å². The van der Waals surface area contributed by atoms with Gasteiger partial charge < -0.3 is 40.2 Å². The Bertz CT molecular complexity index is 1420. The van der Waals surface area contributed by atoms with E-state index >= 15 is 0 Å². The molecule has 302 valence electrons. The molecule has 0 aromatic heterocycles. The van der Waals surface area contributed by atoms with Crippen LogP contribution in [0.15, 0.2) is 23.8 Å². The van der Waals surface area contributed by atoms with Crippen molar-refractivity contribution in [1.29, 1.82) is 0 Å². The lowest BCUT2D eigenvalue weighted by atomic mass is 9.57. The summed E-state index contributed by atoms with van der Waals surface area (Å²) < 4.78 is 23.1. The molecule has 4 aliphatic rings. The van der Waals surface area contributed by atoms with E-state index in [2.05, 4.69) is 67.2 Å². The van der Waals surface area contributed by atoms with E-state index in [4.69, 9.17) is 18.9 Å².